The number of hydrogen-bond acceptors (Lipinski definition) is 3. The highest BCUT2D eigenvalue weighted by Gasteiger charge is 2.19. The molecule has 0 bridgehead atoms. The molecule has 96 valence electrons. The summed E-state index contributed by atoms with van der Waals surface area (Å²) in [5, 5.41) is 6.99. The van der Waals surface area contributed by atoms with Crippen molar-refractivity contribution >= 4 is 18.4 Å². The molecule has 0 aliphatic carbocycles. The highest BCUT2D eigenvalue weighted by atomic mass is 35.5. The summed E-state index contributed by atoms with van der Waals surface area (Å²) in [5.41, 5.74) is 2.78. The van der Waals surface area contributed by atoms with Gasteiger partial charge in [0, 0.05) is 11.3 Å². The second-order valence-electron chi connectivity index (χ2n) is 3.66. The molecule has 2 rings (SSSR count). The van der Waals surface area contributed by atoms with Gasteiger partial charge in [0.2, 0.25) is 0 Å². The number of carbonyl (C=O) groups is 1. The first kappa shape index (κ1) is 14.3. The molecule has 2 aromatic rings. The Morgan fingerprint density at radius 1 is 1.33 bits per heavy atom. The molecule has 5 heteroatoms. The number of nitrogens with zero attached hydrogens (tertiary/aromatic N) is 1. The van der Waals surface area contributed by atoms with Crippen molar-refractivity contribution in [3.63, 3.8) is 0 Å². The fraction of sp³-hybridized carbons (Fsp3) is 0.231. The molecule has 1 aromatic heterocycles. The average Bonchev–Trinajstić information content (AvgIpc) is 2.73. The van der Waals surface area contributed by atoms with E-state index in [0.29, 0.717) is 17.9 Å². The fourth-order valence-electron chi connectivity index (χ4n) is 1.69. The molecule has 0 spiro atoms. The van der Waals surface area contributed by atoms with Gasteiger partial charge in [0.25, 0.3) is 0 Å². The number of carbonyl (C=O) groups excluding carboxylic acids is 1. The lowest BCUT2D eigenvalue weighted by molar-refractivity contribution is 0.0526. The van der Waals surface area contributed by atoms with Crippen LogP contribution in [0.5, 0.6) is 0 Å². The van der Waals surface area contributed by atoms with Gasteiger partial charge in [-0.15, -0.1) is 12.4 Å². The highest BCUT2D eigenvalue weighted by molar-refractivity contribution is 5.97. The van der Waals surface area contributed by atoms with Crippen LogP contribution in [0, 0.1) is 6.92 Å². The normalized spacial score (nSPS) is 9.67. The number of halogens is 1. The number of ether oxygens (including phenoxy) is 1. The lowest BCUT2D eigenvalue weighted by Gasteiger charge is -2.03. The van der Waals surface area contributed by atoms with E-state index in [1.54, 1.807) is 6.92 Å². The van der Waals surface area contributed by atoms with Gasteiger partial charge in [-0.3, -0.25) is 5.10 Å². The minimum Gasteiger partial charge on any atom is -0.462 e. The predicted octanol–water partition coefficient (Wildman–Crippen LogP) is 2.98. The summed E-state index contributed by atoms with van der Waals surface area (Å²) in [7, 11) is 0. The van der Waals surface area contributed by atoms with Crippen molar-refractivity contribution in [1.82, 2.24) is 10.2 Å². The predicted molar refractivity (Wildman–Crippen MR) is 72.0 cm³/mol. The van der Waals surface area contributed by atoms with Crippen LogP contribution in [0.4, 0.5) is 0 Å². The van der Waals surface area contributed by atoms with Crippen molar-refractivity contribution in [2.75, 3.05) is 6.61 Å². The second-order valence-corrected chi connectivity index (χ2v) is 3.66. The molecular weight excluding hydrogens is 252 g/mol. The monoisotopic (exact) mass is 266 g/mol. The van der Waals surface area contributed by atoms with Gasteiger partial charge in [0.05, 0.1) is 6.61 Å². The van der Waals surface area contributed by atoms with Crippen LogP contribution in [0.2, 0.25) is 0 Å². The van der Waals surface area contributed by atoms with E-state index < -0.39 is 0 Å². The smallest absolute Gasteiger partial charge is 0.342 e. The summed E-state index contributed by atoms with van der Waals surface area (Å²) in [6.45, 7) is 3.96. The number of aryl methyl sites for hydroxylation is 1. The zero-order valence-corrected chi connectivity index (χ0v) is 11.1. The van der Waals surface area contributed by atoms with Gasteiger partial charge in [-0.1, -0.05) is 30.3 Å². The molecule has 0 aliphatic rings. The summed E-state index contributed by atoms with van der Waals surface area (Å²) in [4.78, 5) is 11.8. The van der Waals surface area contributed by atoms with Gasteiger partial charge in [-0.2, -0.15) is 5.10 Å². The Hall–Kier alpha value is -1.81. The third kappa shape index (κ3) is 2.71. The average molecular weight is 267 g/mol. The summed E-state index contributed by atoms with van der Waals surface area (Å²) in [6, 6.07) is 9.58. The largest absolute Gasteiger partial charge is 0.462 e. The van der Waals surface area contributed by atoms with E-state index >= 15 is 0 Å². The van der Waals surface area contributed by atoms with E-state index in [-0.39, 0.29) is 18.4 Å². The van der Waals surface area contributed by atoms with E-state index in [1.165, 1.54) is 0 Å². The number of aromatic nitrogens is 2. The molecule has 18 heavy (non-hydrogen) atoms. The topological polar surface area (TPSA) is 55.0 Å². The molecule has 1 N–H and O–H groups in total. The minimum absolute atomic E-state index is 0. The molecule has 0 aliphatic heterocycles. The molecule has 0 amide bonds. The first-order valence-corrected chi connectivity index (χ1v) is 5.51. The van der Waals surface area contributed by atoms with E-state index in [1.807, 2.05) is 37.3 Å². The van der Waals surface area contributed by atoms with E-state index in [4.69, 9.17) is 4.74 Å². The number of hydrogen-bond donors (Lipinski definition) is 1. The number of aromatic amines is 1. The molecule has 1 aromatic carbocycles. The van der Waals surface area contributed by atoms with Crippen molar-refractivity contribution in [2.24, 2.45) is 0 Å². The molecule has 0 fully saturated rings. The van der Waals surface area contributed by atoms with Gasteiger partial charge < -0.3 is 4.74 Å². The van der Waals surface area contributed by atoms with Crippen LogP contribution in [0.3, 0.4) is 0 Å². The Balaban J connectivity index is 0.00000162. The summed E-state index contributed by atoms with van der Waals surface area (Å²) < 4.78 is 5.03. The van der Waals surface area contributed by atoms with E-state index in [9.17, 15) is 4.79 Å². The molecule has 0 saturated heterocycles. The molecule has 0 atom stereocenters. The van der Waals surface area contributed by atoms with Gasteiger partial charge >= 0.3 is 5.97 Å². The van der Waals surface area contributed by atoms with Crippen LogP contribution in [-0.4, -0.2) is 22.8 Å². The van der Waals surface area contributed by atoms with Crippen LogP contribution in [-0.2, 0) is 4.74 Å². The Bertz CT molecular complexity index is 523. The third-order valence-electron chi connectivity index (χ3n) is 2.47. The van der Waals surface area contributed by atoms with Crippen molar-refractivity contribution < 1.29 is 9.53 Å². The Morgan fingerprint density at radius 3 is 2.61 bits per heavy atom. The number of H-pyrrole nitrogens is 1. The van der Waals surface area contributed by atoms with E-state index in [0.717, 1.165) is 11.3 Å². The van der Waals surface area contributed by atoms with Crippen LogP contribution < -0.4 is 0 Å². The van der Waals surface area contributed by atoms with Crippen LogP contribution >= 0.6 is 12.4 Å². The SMILES string of the molecule is CCOC(=O)c1c(-c2ccccc2)n[nH]c1C.Cl. The first-order valence-electron chi connectivity index (χ1n) is 5.51. The highest BCUT2D eigenvalue weighted by Crippen LogP contribution is 2.23. The maximum absolute atomic E-state index is 11.8. The molecule has 0 unspecified atom stereocenters. The Morgan fingerprint density at radius 2 is 2.00 bits per heavy atom. The number of nitrogens with one attached hydrogen (secondary N) is 1. The van der Waals surface area contributed by atoms with Gasteiger partial charge in [0.15, 0.2) is 0 Å². The molecular formula is C13H15ClN2O2. The number of esters is 1. The molecule has 1 heterocycles. The Labute approximate surface area is 112 Å². The summed E-state index contributed by atoms with van der Waals surface area (Å²) >= 11 is 0. The lowest BCUT2D eigenvalue weighted by atomic mass is 10.1. The number of benzene rings is 1. The first-order chi connectivity index (χ1) is 8.24. The Kier molecular flexibility index (Phi) is 4.92. The number of rotatable bonds is 3. The quantitative estimate of drug-likeness (QED) is 0.869. The summed E-state index contributed by atoms with van der Waals surface area (Å²) in [6.07, 6.45) is 0. The minimum atomic E-state index is -0.336. The zero-order chi connectivity index (χ0) is 12.3. The lowest BCUT2D eigenvalue weighted by Crippen LogP contribution is -2.06. The van der Waals surface area contributed by atoms with Gasteiger partial charge in [-0.05, 0) is 13.8 Å². The molecule has 0 saturated carbocycles. The van der Waals surface area contributed by atoms with Gasteiger partial charge in [-0.25, -0.2) is 4.79 Å². The zero-order valence-electron chi connectivity index (χ0n) is 10.3. The maximum Gasteiger partial charge on any atom is 0.342 e. The van der Waals surface area contributed by atoms with Crippen LogP contribution in [0.1, 0.15) is 23.0 Å². The van der Waals surface area contributed by atoms with Gasteiger partial charge in [0.1, 0.15) is 11.3 Å². The second kappa shape index (κ2) is 6.21. The van der Waals surface area contributed by atoms with E-state index in [2.05, 4.69) is 10.2 Å². The fourth-order valence-corrected chi connectivity index (χ4v) is 1.69. The van der Waals surface area contributed by atoms with Crippen molar-refractivity contribution in [2.45, 2.75) is 13.8 Å². The summed E-state index contributed by atoms with van der Waals surface area (Å²) in [5.74, 6) is -0.336. The molecule has 0 radical (unpaired) electrons. The van der Waals surface area contributed by atoms with Crippen LogP contribution in [0.15, 0.2) is 30.3 Å². The third-order valence-corrected chi connectivity index (χ3v) is 2.47. The van der Waals surface area contributed by atoms with Crippen molar-refractivity contribution in [1.29, 1.82) is 0 Å². The molecule has 4 nitrogen and oxygen atoms in total. The van der Waals surface area contributed by atoms with Crippen molar-refractivity contribution in [3.8, 4) is 11.3 Å². The standard InChI is InChI=1S/C13H14N2O2.ClH/c1-3-17-13(16)11-9(2)14-15-12(11)10-7-5-4-6-8-10;/h4-8H,3H2,1-2H3,(H,14,15);1H. The van der Waals surface area contributed by atoms with Crippen molar-refractivity contribution in [3.05, 3.63) is 41.6 Å². The maximum atomic E-state index is 11.8. The van der Waals surface area contributed by atoms with Crippen LogP contribution in [0.25, 0.3) is 11.3 Å².